The predicted octanol–water partition coefficient (Wildman–Crippen LogP) is -3.83. The van der Waals surface area contributed by atoms with E-state index in [1.165, 1.54) is 0 Å². The summed E-state index contributed by atoms with van der Waals surface area (Å²) in [6.45, 7) is 17.8. The fourth-order valence-corrected chi connectivity index (χ4v) is 3.62. The van der Waals surface area contributed by atoms with Crippen molar-refractivity contribution in [3.63, 3.8) is 0 Å². The lowest BCUT2D eigenvalue weighted by Crippen LogP contribution is -2.41. The summed E-state index contributed by atoms with van der Waals surface area (Å²) in [4.78, 5) is 4.68. The minimum atomic E-state index is 0.562. The van der Waals surface area contributed by atoms with Gasteiger partial charge in [0.25, 0.3) is 0 Å². The molecule has 35 heavy (non-hydrogen) atoms. The van der Waals surface area contributed by atoms with Crippen molar-refractivity contribution >= 4 is 5.71 Å². The SMILES string of the molecule is N=C(CCN)CCNCCN(CCN)CCNCCNCCNCCNCCN(CCN)CCN. The molecular formula is C23H58N12. The number of nitrogens with two attached hydrogens (primary N) is 4. The van der Waals surface area contributed by atoms with Gasteiger partial charge in [0.2, 0.25) is 0 Å². The Balaban J connectivity index is 3.48. The molecule has 12 nitrogen and oxygen atoms in total. The van der Waals surface area contributed by atoms with Crippen LogP contribution in [0.1, 0.15) is 12.8 Å². The summed E-state index contributed by atoms with van der Waals surface area (Å²) in [7, 11) is 0. The third-order valence-corrected chi connectivity index (χ3v) is 5.64. The van der Waals surface area contributed by atoms with Crippen LogP contribution in [0.4, 0.5) is 0 Å². The van der Waals surface area contributed by atoms with Gasteiger partial charge in [-0.3, -0.25) is 9.80 Å². The maximum absolute atomic E-state index is 7.76. The van der Waals surface area contributed by atoms with E-state index in [1.54, 1.807) is 0 Å². The van der Waals surface area contributed by atoms with Crippen LogP contribution in [0.25, 0.3) is 0 Å². The zero-order valence-corrected chi connectivity index (χ0v) is 22.3. The first-order chi connectivity index (χ1) is 17.2. The highest BCUT2D eigenvalue weighted by molar-refractivity contribution is 5.81. The van der Waals surface area contributed by atoms with E-state index in [9.17, 15) is 0 Å². The van der Waals surface area contributed by atoms with Gasteiger partial charge in [0.05, 0.1) is 0 Å². The lowest BCUT2D eigenvalue weighted by Gasteiger charge is -2.22. The minimum absolute atomic E-state index is 0.562. The fourth-order valence-electron chi connectivity index (χ4n) is 3.62. The highest BCUT2D eigenvalue weighted by Crippen LogP contribution is 1.88. The lowest BCUT2D eigenvalue weighted by atomic mass is 10.2. The van der Waals surface area contributed by atoms with Crippen LogP contribution in [0, 0.1) is 5.41 Å². The molecule has 0 aliphatic rings. The summed E-state index contributed by atoms with van der Waals surface area (Å²) in [5.41, 5.74) is 23.2. The van der Waals surface area contributed by atoms with Gasteiger partial charge >= 0.3 is 0 Å². The third-order valence-electron chi connectivity index (χ3n) is 5.64. The van der Waals surface area contributed by atoms with Gasteiger partial charge in [0, 0.05) is 130 Å². The zero-order chi connectivity index (χ0) is 25.8. The second-order valence-corrected chi connectivity index (χ2v) is 8.69. The Morgan fingerprint density at radius 3 is 1.14 bits per heavy atom. The normalized spacial score (nSPS) is 11.7. The van der Waals surface area contributed by atoms with E-state index in [0.29, 0.717) is 32.6 Å². The van der Waals surface area contributed by atoms with E-state index in [2.05, 4.69) is 36.4 Å². The maximum atomic E-state index is 7.76. The predicted molar refractivity (Wildman–Crippen MR) is 150 cm³/mol. The molecule has 0 aliphatic heterocycles. The molecule has 0 rings (SSSR count). The van der Waals surface area contributed by atoms with E-state index in [1.807, 2.05) is 0 Å². The molecule has 0 aromatic carbocycles. The van der Waals surface area contributed by atoms with Crippen LogP contribution in [0.5, 0.6) is 0 Å². The molecule has 0 aliphatic carbocycles. The van der Waals surface area contributed by atoms with E-state index < -0.39 is 0 Å². The number of nitrogens with one attached hydrogen (secondary N) is 6. The van der Waals surface area contributed by atoms with Gasteiger partial charge in [0.1, 0.15) is 0 Å². The Kier molecular flexibility index (Phi) is 27.2. The van der Waals surface area contributed by atoms with Gasteiger partial charge in [0.15, 0.2) is 0 Å². The summed E-state index contributed by atoms with van der Waals surface area (Å²) < 4.78 is 0. The second-order valence-electron chi connectivity index (χ2n) is 8.69. The Hall–Kier alpha value is -0.770. The van der Waals surface area contributed by atoms with Crippen molar-refractivity contribution in [2.75, 3.05) is 131 Å². The van der Waals surface area contributed by atoms with Crippen LogP contribution in [0.2, 0.25) is 0 Å². The van der Waals surface area contributed by atoms with Crippen LogP contribution in [-0.4, -0.2) is 146 Å². The van der Waals surface area contributed by atoms with Crippen molar-refractivity contribution < 1.29 is 0 Å². The van der Waals surface area contributed by atoms with E-state index >= 15 is 0 Å². The molecule has 0 spiro atoms. The summed E-state index contributed by atoms with van der Waals surface area (Å²) >= 11 is 0. The average molecular weight is 503 g/mol. The van der Waals surface area contributed by atoms with Crippen LogP contribution in [-0.2, 0) is 0 Å². The number of hydrogen-bond acceptors (Lipinski definition) is 12. The summed E-state index contributed by atoms with van der Waals surface area (Å²) in [6.07, 6.45) is 1.47. The molecule has 0 fully saturated rings. The average Bonchev–Trinajstić information content (AvgIpc) is 2.84. The van der Waals surface area contributed by atoms with E-state index in [-0.39, 0.29) is 0 Å². The summed E-state index contributed by atoms with van der Waals surface area (Å²) in [5, 5.41) is 25.1. The Morgan fingerprint density at radius 1 is 0.429 bits per heavy atom. The molecular weight excluding hydrogens is 444 g/mol. The van der Waals surface area contributed by atoms with Gasteiger partial charge in [-0.15, -0.1) is 0 Å². The molecule has 0 radical (unpaired) electrons. The molecule has 0 unspecified atom stereocenters. The number of nitrogens with zero attached hydrogens (tertiary/aromatic N) is 2. The van der Waals surface area contributed by atoms with Crippen LogP contribution < -0.4 is 49.5 Å². The molecule has 0 aromatic rings. The first-order valence-corrected chi connectivity index (χ1v) is 13.5. The molecule has 12 heteroatoms. The van der Waals surface area contributed by atoms with Crippen LogP contribution in [0.3, 0.4) is 0 Å². The van der Waals surface area contributed by atoms with E-state index in [4.69, 9.17) is 28.3 Å². The number of hydrogen-bond donors (Lipinski definition) is 10. The summed E-state index contributed by atoms with van der Waals surface area (Å²) in [5.74, 6) is 0. The van der Waals surface area contributed by atoms with Crippen molar-refractivity contribution in [3.05, 3.63) is 0 Å². The largest absolute Gasteiger partial charge is 0.330 e. The Labute approximate surface area is 214 Å². The zero-order valence-electron chi connectivity index (χ0n) is 22.3. The molecule has 14 N–H and O–H groups in total. The second kappa shape index (κ2) is 27.8. The third kappa shape index (κ3) is 24.7. The van der Waals surface area contributed by atoms with Gasteiger partial charge in [-0.1, -0.05) is 0 Å². The topological polar surface area (TPSA) is 195 Å². The van der Waals surface area contributed by atoms with Crippen molar-refractivity contribution in [2.24, 2.45) is 22.9 Å². The summed E-state index contributed by atoms with van der Waals surface area (Å²) in [6, 6.07) is 0. The van der Waals surface area contributed by atoms with Crippen molar-refractivity contribution in [1.82, 2.24) is 36.4 Å². The lowest BCUT2D eigenvalue weighted by molar-refractivity contribution is 0.280. The highest BCUT2D eigenvalue weighted by atomic mass is 15.2. The molecule has 0 saturated heterocycles. The van der Waals surface area contributed by atoms with Gasteiger partial charge < -0.3 is 54.9 Å². The van der Waals surface area contributed by atoms with Crippen molar-refractivity contribution in [2.45, 2.75) is 12.8 Å². The van der Waals surface area contributed by atoms with Gasteiger partial charge in [-0.25, -0.2) is 0 Å². The van der Waals surface area contributed by atoms with Gasteiger partial charge in [-0.2, -0.15) is 0 Å². The molecule has 0 saturated carbocycles. The molecule has 0 amide bonds. The molecule has 0 atom stereocenters. The Bertz CT molecular complexity index is 435. The monoisotopic (exact) mass is 502 g/mol. The molecule has 210 valence electrons. The molecule has 0 heterocycles. The van der Waals surface area contributed by atoms with E-state index in [0.717, 1.165) is 117 Å². The highest BCUT2D eigenvalue weighted by Gasteiger charge is 2.04. The first kappa shape index (κ1) is 34.2. The number of rotatable bonds is 29. The standard InChI is InChI=1S/C23H58N12/c24-3-1-23(28)2-7-29-14-21-35(19-6-27)22-16-33-13-11-31-9-8-30-10-12-32-15-20-34(17-4-25)18-5-26/h28-33H,1-22,24-27H2. The van der Waals surface area contributed by atoms with Gasteiger partial charge in [-0.05, 0) is 19.4 Å². The van der Waals surface area contributed by atoms with Crippen molar-refractivity contribution in [1.29, 1.82) is 5.41 Å². The minimum Gasteiger partial charge on any atom is -0.330 e. The smallest absolute Gasteiger partial charge is 0.0114 e. The molecule has 0 bridgehead atoms. The Morgan fingerprint density at radius 2 is 0.771 bits per heavy atom. The first-order valence-electron chi connectivity index (χ1n) is 13.5. The van der Waals surface area contributed by atoms with Crippen molar-refractivity contribution in [3.8, 4) is 0 Å². The fraction of sp³-hybridized carbons (Fsp3) is 0.957. The molecule has 0 aromatic heterocycles. The quantitative estimate of drug-likeness (QED) is 0.0355. The van der Waals surface area contributed by atoms with Crippen LogP contribution in [0.15, 0.2) is 0 Å². The maximum Gasteiger partial charge on any atom is 0.0114 e. The van der Waals surface area contributed by atoms with Crippen LogP contribution >= 0.6 is 0 Å².